The number of amides is 2. The Labute approximate surface area is 170 Å². The molecule has 1 aromatic carbocycles. The maximum absolute atomic E-state index is 12.6. The van der Waals surface area contributed by atoms with Crippen LogP contribution in [0.1, 0.15) is 25.3 Å². The Balaban J connectivity index is 1.46. The maximum Gasteiger partial charge on any atom is 0.241 e. The standard InChI is InChI=1S/C20H29BrN4O2/c1-15-5-6-18(17(21)13-15)22-20(27)16(2)24-11-9-23(10-12-24)14-19(26)25-7-3-4-8-25/h5-6,13,16H,3-4,7-12,14H2,1-2H3,(H,22,27)/t16-/m1/s1. The number of hydrogen-bond acceptors (Lipinski definition) is 4. The molecule has 0 aliphatic carbocycles. The first kappa shape index (κ1) is 20.3. The van der Waals surface area contributed by atoms with Crippen LogP contribution in [-0.4, -0.2) is 78.4 Å². The lowest BCUT2D eigenvalue weighted by molar-refractivity contribution is -0.132. The van der Waals surface area contributed by atoms with E-state index in [1.54, 1.807) is 0 Å². The third-order valence-electron chi connectivity index (χ3n) is 5.53. The van der Waals surface area contributed by atoms with Gasteiger partial charge >= 0.3 is 0 Å². The molecule has 1 N–H and O–H groups in total. The van der Waals surface area contributed by atoms with Gasteiger partial charge in [0.1, 0.15) is 0 Å². The van der Waals surface area contributed by atoms with E-state index in [0.29, 0.717) is 6.54 Å². The van der Waals surface area contributed by atoms with Crippen molar-refractivity contribution in [1.82, 2.24) is 14.7 Å². The van der Waals surface area contributed by atoms with Crippen molar-refractivity contribution in [3.8, 4) is 0 Å². The van der Waals surface area contributed by atoms with Crippen LogP contribution in [0.4, 0.5) is 5.69 Å². The van der Waals surface area contributed by atoms with E-state index in [-0.39, 0.29) is 17.9 Å². The fraction of sp³-hybridized carbons (Fsp3) is 0.600. The first-order valence-electron chi connectivity index (χ1n) is 9.75. The quantitative estimate of drug-likeness (QED) is 0.769. The van der Waals surface area contributed by atoms with Gasteiger partial charge in [0.05, 0.1) is 18.3 Å². The Hall–Kier alpha value is -1.44. The zero-order valence-electron chi connectivity index (χ0n) is 16.2. The topological polar surface area (TPSA) is 55.9 Å². The summed E-state index contributed by atoms with van der Waals surface area (Å²) in [6.07, 6.45) is 2.26. The Morgan fingerprint density at radius 3 is 2.41 bits per heavy atom. The molecule has 2 fully saturated rings. The second-order valence-corrected chi connectivity index (χ2v) is 8.40. The highest BCUT2D eigenvalue weighted by Gasteiger charge is 2.28. The summed E-state index contributed by atoms with van der Waals surface area (Å²) in [5, 5.41) is 3.01. The van der Waals surface area contributed by atoms with E-state index in [1.807, 2.05) is 36.9 Å². The molecule has 2 heterocycles. The van der Waals surface area contributed by atoms with E-state index in [1.165, 1.54) is 0 Å². The van der Waals surface area contributed by atoms with Gasteiger partial charge in [0.25, 0.3) is 0 Å². The van der Waals surface area contributed by atoms with Crippen LogP contribution in [0, 0.1) is 6.92 Å². The summed E-state index contributed by atoms with van der Waals surface area (Å²) < 4.78 is 0.897. The third-order valence-corrected chi connectivity index (χ3v) is 6.19. The highest BCUT2D eigenvalue weighted by Crippen LogP contribution is 2.24. The Morgan fingerprint density at radius 2 is 1.78 bits per heavy atom. The van der Waals surface area contributed by atoms with E-state index in [2.05, 4.69) is 31.0 Å². The lowest BCUT2D eigenvalue weighted by Gasteiger charge is -2.37. The van der Waals surface area contributed by atoms with Crippen LogP contribution in [0.3, 0.4) is 0 Å². The number of rotatable bonds is 5. The Bertz CT molecular complexity index is 683. The molecule has 0 unspecified atom stereocenters. The van der Waals surface area contributed by atoms with Crippen LogP contribution in [0.25, 0.3) is 0 Å². The number of likely N-dealkylation sites (tertiary alicyclic amines) is 1. The molecule has 0 aromatic heterocycles. The normalized spacial score (nSPS) is 19.9. The van der Waals surface area contributed by atoms with Crippen molar-refractivity contribution in [3.63, 3.8) is 0 Å². The van der Waals surface area contributed by atoms with Crippen molar-refractivity contribution < 1.29 is 9.59 Å². The van der Waals surface area contributed by atoms with Gasteiger partial charge in [-0.1, -0.05) is 6.07 Å². The minimum absolute atomic E-state index is 0.00106. The van der Waals surface area contributed by atoms with Crippen molar-refractivity contribution in [3.05, 3.63) is 28.2 Å². The van der Waals surface area contributed by atoms with Crippen LogP contribution in [0.15, 0.2) is 22.7 Å². The van der Waals surface area contributed by atoms with Crippen molar-refractivity contribution >= 4 is 33.4 Å². The van der Waals surface area contributed by atoms with Gasteiger partial charge in [-0.2, -0.15) is 0 Å². The van der Waals surface area contributed by atoms with Crippen molar-refractivity contribution in [2.24, 2.45) is 0 Å². The van der Waals surface area contributed by atoms with Crippen LogP contribution >= 0.6 is 15.9 Å². The van der Waals surface area contributed by atoms with Gasteiger partial charge in [0.15, 0.2) is 0 Å². The largest absolute Gasteiger partial charge is 0.342 e. The van der Waals surface area contributed by atoms with Gasteiger partial charge in [-0.25, -0.2) is 0 Å². The lowest BCUT2D eigenvalue weighted by Crippen LogP contribution is -2.54. The predicted molar refractivity (Wildman–Crippen MR) is 111 cm³/mol. The van der Waals surface area contributed by atoms with Gasteiger partial charge in [-0.15, -0.1) is 0 Å². The molecule has 0 saturated carbocycles. The Kier molecular flexibility index (Phi) is 6.89. The highest BCUT2D eigenvalue weighted by molar-refractivity contribution is 9.10. The van der Waals surface area contributed by atoms with Crippen LogP contribution in [0.2, 0.25) is 0 Å². The van der Waals surface area contributed by atoms with E-state index in [0.717, 1.165) is 67.8 Å². The number of nitrogens with zero attached hydrogens (tertiary/aromatic N) is 3. The van der Waals surface area contributed by atoms with E-state index >= 15 is 0 Å². The average Bonchev–Trinajstić information content (AvgIpc) is 3.19. The van der Waals surface area contributed by atoms with Crippen molar-refractivity contribution in [2.75, 3.05) is 51.1 Å². The number of nitrogens with one attached hydrogen (secondary N) is 1. The van der Waals surface area contributed by atoms with E-state index < -0.39 is 0 Å². The molecule has 148 valence electrons. The van der Waals surface area contributed by atoms with Gasteiger partial charge < -0.3 is 10.2 Å². The molecule has 2 amide bonds. The van der Waals surface area contributed by atoms with Gasteiger partial charge in [0, 0.05) is 43.7 Å². The molecule has 2 aliphatic rings. The van der Waals surface area contributed by atoms with Crippen LogP contribution in [0.5, 0.6) is 0 Å². The number of carbonyl (C=O) groups is 2. The average molecular weight is 437 g/mol. The van der Waals surface area contributed by atoms with E-state index in [4.69, 9.17) is 0 Å². The molecule has 0 bridgehead atoms. The first-order valence-corrected chi connectivity index (χ1v) is 10.5. The predicted octanol–water partition coefficient (Wildman–Crippen LogP) is 2.32. The number of benzene rings is 1. The molecule has 6 nitrogen and oxygen atoms in total. The third kappa shape index (κ3) is 5.30. The van der Waals surface area contributed by atoms with E-state index in [9.17, 15) is 9.59 Å². The molecule has 0 radical (unpaired) electrons. The van der Waals surface area contributed by atoms with Crippen molar-refractivity contribution in [1.29, 1.82) is 0 Å². The Morgan fingerprint density at radius 1 is 1.11 bits per heavy atom. The number of carbonyl (C=O) groups excluding carboxylic acids is 2. The van der Waals surface area contributed by atoms with Crippen molar-refractivity contribution in [2.45, 2.75) is 32.7 Å². The molecular formula is C20H29BrN4O2. The lowest BCUT2D eigenvalue weighted by atomic mass is 10.2. The molecule has 2 aliphatic heterocycles. The van der Waals surface area contributed by atoms with Crippen LogP contribution < -0.4 is 5.32 Å². The molecule has 27 heavy (non-hydrogen) atoms. The monoisotopic (exact) mass is 436 g/mol. The van der Waals surface area contributed by atoms with Gasteiger partial charge in [-0.05, 0) is 60.3 Å². The zero-order chi connectivity index (χ0) is 19.4. The summed E-state index contributed by atoms with van der Waals surface area (Å²) in [5.74, 6) is 0.247. The molecule has 3 rings (SSSR count). The molecule has 1 atom stereocenters. The molecule has 1 aromatic rings. The fourth-order valence-electron chi connectivity index (χ4n) is 3.69. The number of hydrogen-bond donors (Lipinski definition) is 1. The SMILES string of the molecule is Cc1ccc(NC(=O)[C@@H](C)N2CCN(CC(=O)N3CCCC3)CC2)c(Br)c1. The second kappa shape index (κ2) is 9.17. The molecule has 7 heteroatoms. The van der Waals surface area contributed by atoms with Gasteiger partial charge in [-0.3, -0.25) is 19.4 Å². The number of anilines is 1. The second-order valence-electron chi connectivity index (χ2n) is 7.55. The fourth-order valence-corrected chi connectivity index (χ4v) is 4.28. The smallest absolute Gasteiger partial charge is 0.241 e. The summed E-state index contributed by atoms with van der Waals surface area (Å²) in [5.41, 5.74) is 1.94. The zero-order valence-corrected chi connectivity index (χ0v) is 17.8. The molecule has 0 spiro atoms. The van der Waals surface area contributed by atoms with Gasteiger partial charge in [0.2, 0.25) is 11.8 Å². The number of aryl methyl sites for hydroxylation is 1. The summed E-state index contributed by atoms with van der Waals surface area (Å²) in [7, 11) is 0. The maximum atomic E-state index is 12.6. The molecule has 2 saturated heterocycles. The highest BCUT2D eigenvalue weighted by atomic mass is 79.9. The minimum atomic E-state index is -0.199. The summed E-state index contributed by atoms with van der Waals surface area (Å²) in [6.45, 7) is 9.54. The summed E-state index contributed by atoms with van der Waals surface area (Å²) in [6, 6.07) is 5.71. The number of piperazine rings is 1. The summed E-state index contributed by atoms with van der Waals surface area (Å²) >= 11 is 3.51. The molecular weight excluding hydrogens is 408 g/mol. The first-order chi connectivity index (χ1) is 12.9. The number of halogens is 1. The van der Waals surface area contributed by atoms with Crippen LogP contribution in [-0.2, 0) is 9.59 Å². The summed E-state index contributed by atoms with van der Waals surface area (Å²) in [4.78, 5) is 31.3. The minimum Gasteiger partial charge on any atom is -0.342 e.